The molecule has 1 heterocycles. The molecule has 6 heteroatoms. The second-order valence-corrected chi connectivity index (χ2v) is 5.84. The van der Waals surface area contributed by atoms with Gasteiger partial charge in [-0.2, -0.15) is 0 Å². The molecule has 0 bridgehead atoms. The first-order chi connectivity index (χ1) is 11.5. The second-order valence-electron chi connectivity index (χ2n) is 5.84. The molecule has 2 rings (SSSR count). The van der Waals surface area contributed by atoms with Crippen LogP contribution in [-0.2, 0) is 4.79 Å². The fraction of sp³-hybridized carbons (Fsp3) is 0.333. The van der Waals surface area contributed by atoms with Crippen LogP contribution in [0.1, 0.15) is 31.3 Å². The fourth-order valence-electron chi connectivity index (χ4n) is 1.85. The summed E-state index contributed by atoms with van der Waals surface area (Å²) in [4.78, 5) is 23.6. The molecule has 0 spiro atoms. The molecule has 24 heavy (non-hydrogen) atoms. The number of hydrogen-bond acceptors (Lipinski definition) is 4. The number of benzene rings is 1. The summed E-state index contributed by atoms with van der Waals surface area (Å²) in [6.07, 6.45) is 1.44. The van der Waals surface area contributed by atoms with Crippen LogP contribution < -0.4 is 15.4 Å². The Bertz CT molecular complexity index is 663. The molecule has 2 amide bonds. The van der Waals surface area contributed by atoms with Gasteiger partial charge in [-0.1, -0.05) is 13.8 Å². The van der Waals surface area contributed by atoms with Gasteiger partial charge in [-0.3, -0.25) is 9.59 Å². The Hall–Kier alpha value is -2.76. The number of carbonyl (C=O) groups is 2. The summed E-state index contributed by atoms with van der Waals surface area (Å²) in [6.45, 7) is 6.00. The predicted octanol–water partition coefficient (Wildman–Crippen LogP) is 3.07. The van der Waals surface area contributed by atoms with E-state index in [0.29, 0.717) is 17.4 Å². The predicted molar refractivity (Wildman–Crippen MR) is 91.0 cm³/mol. The molecule has 0 aliphatic rings. The maximum Gasteiger partial charge on any atom is 0.291 e. The summed E-state index contributed by atoms with van der Waals surface area (Å²) in [7, 11) is 0. The molecule has 0 aliphatic heterocycles. The van der Waals surface area contributed by atoms with Crippen LogP contribution in [0, 0.1) is 5.92 Å². The quantitative estimate of drug-likeness (QED) is 0.817. The fourth-order valence-corrected chi connectivity index (χ4v) is 1.85. The van der Waals surface area contributed by atoms with Crippen molar-refractivity contribution < 1.29 is 18.7 Å². The second kappa shape index (κ2) is 8.19. The Balaban J connectivity index is 1.82. The Morgan fingerprint density at radius 1 is 1.12 bits per heavy atom. The van der Waals surface area contributed by atoms with Crippen molar-refractivity contribution in [2.75, 3.05) is 11.9 Å². The van der Waals surface area contributed by atoms with Crippen molar-refractivity contribution in [1.29, 1.82) is 0 Å². The van der Waals surface area contributed by atoms with E-state index in [-0.39, 0.29) is 30.2 Å². The number of carbonyl (C=O) groups excluding carboxylic acids is 2. The van der Waals surface area contributed by atoms with Crippen LogP contribution in [0.15, 0.2) is 47.1 Å². The third-order valence-electron chi connectivity index (χ3n) is 3.62. The molecule has 1 aromatic heterocycles. The lowest BCUT2D eigenvalue weighted by Crippen LogP contribution is -2.38. The maximum atomic E-state index is 11.8. The highest BCUT2D eigenvalue weighted by molar-refractivity contribution is 6.02. The van der Waals surface area contributed by atoms with E-state index in [9.17, 15) is 9.59 Å². The minimum Gasteiger partial charge on any atom is -0.484 e. The molecule has 1 unspecified atom stereocenters. The van der Waals surface area contributed by atoms with Crippen molar-refractivity contribution in [3.05, 3.63) is 48.4 Å². The molecular weight excluding hydrogens is 308 g/mol. The molecule has 0 saturated carbocycles. The van der Waals surface area contributed by atoms with Crippen molar-refractivity contribution in [1.82, 2.24) is 5.32 Å². The van der Waals surface area contributed by atoms with Gasteiger partial charge >= 0.3 is 0 Å². The number of furan rings is 1. The summed E-state index contributed by atoms with van der Waals surface area (Å²) in [5.74, 6) is 0.678. The van der Waals surface area contributed by atoms with E-state index in [1.807, 2.05) is 20.8 Å². The molecule has 1 atom stereocenters. The van der Waals surface area contributed by atoms with E-state index in [1.165, 1.54) is 6.26 Å². The third-order valence-corrected chi connectivity index (χ3v) is 3.62. The van der Waals surface area contributed by atoms with Crippen molar-refractivity contribution in [2.45, 2.75) is 26.8 Å². The first-order valence-electron chi connectivity index (χ1n) is 7.83. The molecule has 0 fully saturated rings. The lowest BCUT2D eigenvalue weighted by atomic mass is 10.1. The van der Waals surface area contributed by atoms with E-state index in [4.69, 9.17) is 9.15 Å². The number of nitrogens with one attached hydrogen (secondary N) is 2. The molecule has 2 aromatic rings. The van der Waals surface area contributed by atoms with E-state index >= 15 is 0 Å². The zero-order valence-corrected chi connectivity index (χ0v) is 14.0. The first kappa shape index (κ1) is 17.6. The largest absolute Gasteiger partial charge is 0.484 e. The molecule has 2 N–H and O–H groups in total. The number of amides is 2. The van der Waals surface area contributed by atoms with Crippen LogP contribution >= 0.6 is 0 Å². The summed E-state index contributed by atoms with van der Waals surface area (Å²) in [6, 6.07) is 10.1. The molecule has 128 valence electrons. The Labute approximate surface area is 141 Å². The van der Waals surface area contributed by atoms with Crippen LogP contribution in [-0.4, -0.2) is 24.5 Å². The molecule has 0 aliphatic carbocycles. The van der Waals surface area contributed by atoms with Gasteiger partial charge in [0.05, 0.1) is 6.26 Å². The van der Waals surface area contributed by atoms with Gasteiger partial charge in [-0.25, -0.2) is 0 Å². The van der Waals surface area contributed by atoms with Crippen LogP contribution in [0.5, 0.6) is 5.75 Å². The molecule has 1 aromatic carbocycles. The van der Waals surface area contributed by atoms with E-state index < -0.39 is 0 Å². The van der Waals surface area contributed by atoms with Gasteiger partial charge in [-0.15, -0.1) is 0 Å². The Kier molecular flexibility index (Phi) is 6.01. The van der Waals surface area contributed by atoms with Crippen LogP contribution in [0.3, 0.4) is 0 Å². The summed E-state index contributed by atoms with van der Waals surface area (Å²) in [5, 5.41) is 5.58. The highest BCUT2D eigenvalue weighted by Crippen LogP contribution is 2.16. The summed E-state index contributed by atoms with van der Waals surface area (Å²) < 4.78 is 10.5. The van der Waals surface area contributed by atoms with Crippen LogP contribution in [0.25, 0.3) is 0 Å². The van der Waals surface area contributed by atoms with Gasteiger partial charge in [0.15, 0.2) is 12.4 Å². The van der Waals surface area contributed by atoms with Crippen LogP contribution in [0.4, 0.5) is 5.69 Å². The summed E-state index contributed by atoms with van der Waals surface area (Å²) in [5.41, 5.74) is 0.613. The maximum absolute atomic E-state index is 11.8. The van der Waals surface area contributed by atoms with Crippen molar-refractivity contribution in [3.63, 3.8) is 0 Å². The van der Waals surface area contributed by atoms with Gasteiger partial charge in [0.2, 0.25) is 0 Å². The summed E-state index contributed by atoms with van der Waals surface area (Å²) >= 11 is 0. The normalized spacial score (nSPS) is 11.8. The lowest BCUT2D eigenvalue weighted by molar-refractivity contribution is -0.124. The molecule has 6 nitrogen and oxygen atoms in total. The average molecular weight is 330 g/mol. The number of rotatable bonds is 7. The molecule has 0 radical (unpaired) electrons. The topological polar surface area (TPSA) is 80.6 Å². The highest BCUT2D eigenvalue weighted by atomic mass is 16.5. The minimum atomic E-state index is -0.323. The molecule has 0 saturated heterocycles. The third kappa shape index (κ3) is 5.15. The van der Waals surface area contributed by atoms with E-state index in [1.54, 1.807) is 36.4 Å². The zero-order valence-electron chi connectivity index (χ0n) is 14.0. The smallest absolute Gasteiger partial charge is 0.291 e. The van der Waals surface area contributed by atoms with E-state index in [0.717, 1.165) is 0 Å². The van der Waals surface area contributed by atoms with Gasteiger partial charge < -0.3 is 19.8 Å². The lowest BCUT2D eigenvalue weighted by Gasteiger charge is -2.17. The average Bonchev–Trinajstić information content (AvgIpc) is 3.08. The van der Waals surface area contributed by atoms with Gasteiger partial charge in [-0.05, 0) is 49.2 Å². The molecular formula is C18H22N2O4. The number of anilines is 1. The highest BCUT2D eigenvalue weighted by Gasteiger charge is 2.11. The Morgan fingerprint density at radius 2 is 1.83 bits per heavy atom. The standard InChI is InChI=1S/C18H22N2O4/c1-12(2)13(3)19-17(21)11-24-15-8-6-14(7-9-15)20-18(22)16-5-4-10-23-16/h4-10,12-13H,11H2,1-3H3,(H,19,21)(H,20,22). The minimum absolute atomic E-state index is 0.0465. The van der Waals surface area contributed by atoms with Crippen molar-refractivity contribution >= 4 is 17.5 Å². The SMILES string of the molecule is CC(C)C(C)NC(=O)COc1ccc(NC(=O)c2ccco2)cc1. The van der Waals surface area contributed by atoms with Gasteiger partial charge in [0.25, 0.3) is 11.8 Å². The zero-order chi connectivity index (χ0) is 17.5. The van der Waals surface area contributed by atoms with Gasteiger partial charge in [0.1, 0.15) is 5.75 Å². The monoisotopic (exact) mass is 330 g/mol. The number of ether oxygens (including phenoxy) is 1. The Morgan fingerprint density at radius 3 is 2.42 bits per heavy atom. The van der Waals surface area contributed by atoms with Gasteiger partial charge in [0, 0.05) is 11.7 Å². The number of hydrogen-bond donors (Lipinski definition) is 2. The van der Waals surface area contributed by atoms with E-state index in [2.05, 4.69) is 10.6 Å². The van der Waals surface area contributed by atoms with Crippen molar-refractivity contribution in [2.24, 2.45) is 5.92 Å². The van der Waals surface area contributed by atoms with Crippen molar-refractivity contribution in [3.8, 4) is 5.75 Å². The first-order valence-corrected chi connectivity index (χ1v) is 7.83. The van der Waals surface area contributed by atoms with Crippen LogP contribution in [0.2, 0.25) is 0 Å².